The second-order valence-corrected chi connectivity index (χ2v) is 3.79. The Balaban J connectivity index is 2.44. The van der Waals surface area contributed by atoms with Gasteiger partial charge in [0.1, 0.15) is 17.5 Å². The van der Waals surface area contributed by atoms with E-state index in [-0.39, 0.29) is 11.6 Å². The van der Waals surface area contributed by atoms with E-state index in [9.17, 15) is 9.59 Å². The highest BCUT2D eigenvalue weighted by molar-refractivity contribution is 6.32. The van der Waals surface area contributed by atoms with E-state index in [1.54, 1.807) is 24.3 Å². The highest BCUT2D eigenvalue weighted by Gasteiger charge is 2.34. The molecule has 0 bridgehead atoms. The number of ketones is 2. The summed E-state index contributed by atoms with van der Waals surface area (Å²) < 4.78 is 0. The summed E-state index contributed by atoms with van der Waals surface area (Å²) in [4.78, 5) is 22.9. The molecule has 0 unspecified atom stereocenters. The van der Waals surface area contributed by atoms with E-state index in [1.807, 2.05) is 0 Å². The van der Waals surface area contributed by atoms with Crippen LogP contribution in [0.15, 0.2) is 24.3 Å². The third-order valence-electron chi connectivity index (χ3n) is 2.48. The van der Waals surface area contributed by atoms with Crippen molar-refractivity contribution in [2.45, 2.75) is 18.8 Å². The molecule has 2 nitrogen and oxygen atoms in total. The van der Waals surface area contributed by atoms with Crippen molar-refractivity contribution in [2.24, 2.45) is 0 Å². The molecule has 0 spiro atoms. The third-order valence-corrected chi connectivity index (χ3v) is 2.82. The van der Waals surface area contributed by atoms with Crippen molar-refractivity contribution in [1.82, 2.24) is 0 Å². The zero-order valence-electron chi connectivity index (χ0n) is 7.50. The van der Waals surface area contributed by atoms with Crippen molar-refractivity contribution in [2.75, 3.05) is 0 Å². The summed E-state index contributed by atoms with van der Waals surface area (Å²) in [6.07, 6.45) is 0.712. The average molecular weight is 209 g/mol. The fourth-order valence-corrected chi connectivity index (χ4v) is 2.02. The molecule has 0 radical (unpaired) electrons. The van der Waals surface area contributed by atoms with E-state index < -0.39 is 5.92 Å². The molecule has 1 fully saturated rings. The largest absolute Gasteiger partial charge is 0.299 e. The minimum absolute atomic E-state index is 0.0110. The standard InChI is InChI=1S/C11H9ClO2/c12-8-4-2-1-3-7(8)11-9(13)5-6-10(11)14/h1-4,11H,5-6H2. The number of hydrogen-bond acceptors (Lipinski definition) is 2. The topological polar surface area (TPSA) is 34.1 Å². The van der Waals surface area contributed by atoms with Crippen LogP contribution in [0, 0.1) is 0 Å². The first-order valence-electron chi connectivity index (χ1n) is 4.50. The summed E-state index contributed by atoms with van der Waals surface area (Å²) in [5, 5.41) is 0.501. The maximum Gasteiger partial charge on any atom is 0.148 e. The Hall–Kier alpha value is -1.15. The first kappa shape index (κ1) is 9.41. The van der Waals surface area contributed by atoms with Gasteiger partial charge in [-0.05, 0) is 11.6 Å². The highest BCUT2D eigenvalue weighted by atomic mass is 35.5. The first-order valence-corrected chi connectivity index (χ1v) is 4.88. The van der Waals surface area contributed by atoms with Crippen LogP contribution in [0.25, 0.3) is 0 Å². The molecule has 72 valence electrons. The number of carbonyl (C=O) groups excluding carboxylic acids is 2. The first-order chi connectivity index (χ1) is 6.70. The summed E-state index contributed by atoms with van der Waals surface area (Å²) in [7, 11) is 0. The summed E-state index contributed by atoms with van der Waals surface area (Å²) in [6.45, 7) is 0. The Morgan fingerprint density at radius 2 is 1.64 bits per heavy atom. The molecule has 1 aliphatic rings. The molecule has 0 amide bonds. The van der Waals surface area contributed by atoms with Crippen LogP contribution >= 0.6 is 11.6 Å². The normalized spacial score (nSPS) is 17.8. The van der Waals surface area contributed by atoms with Crippen molar-refractivity contribution in [3.63, 3.8) is 0 Å². The van der Waals surface area contributed by atoms with Crippen LogP contribution in [0.2, 0.25) is 5.02 Å². The maximum absolute atomic E-state index is 11.5. The average Bonchev–Trinajstić information content (AvgIpc) is 2.48. The van der Waals surface area contributed by atoms with E-state index in [4.69, 9.17) is 11.6 Å². The van der Waals surface area contributed by atoms with Crippen molar-refractivity contribution >= 4 is 23.2 Å². The number of carbonyl (C=O) groups is 2. The van der Waals surface area contributed by atoms with Crippen molar-refractivity contribution in [1.29, 1.82) is 0 Å². The molecule has 0 aliphatic heterocycles. The number of benzene rings is 1. The van der Waals surface area contributed by atoms with Gasteiger partial charge >= 0.3 is 0 Å². The molecule has 14 heavy (non-hydrogen) atoms. The molecule has 0 aromatic heterocycles. The van der Waals surface area contributed by atoms with Gasteiger partial charge < -0.3 is 0 Å². The number of rotatable bonds is 1. The smallest absolute Gasteiger partial charge is 0.148 e. The quantitative estimate of drug-likeness (QED) is 0.664. The number of halogens is 1. The monoisotopic (exact) mass is 208 g/mol. The third kappa shape index (κ3) is 1.46. The lowest BCUT2D eigenvalue weighted by atomic mass is 9.96. The molecule has 1 saturated carbocycles. The van der Waals surface area contributed by atoms with Gasteiger partial charge in [-0.25, -0.2) is 0 Å². The van der Waals surface area contributed by atoms with Crippen LogP contribution in [0.3, 0.4) is 0 Å². The molecule has 0 atom stereocenters. The Labute approximate surface area is 86.9 Å². The van der Waals surface area contributed by atoms with E-state index in [2.05, 4.69) is 0 Å². The van der Waals surface area contributed by atoms with Crippen LogP contribution in [0.4, 0.5) is 0 Å². The van der Waals surface area contributed by atoms with Gasteiger partial charge in [-0.3, -0.25) is 9.59 Å². The molecule has 1 aliphatic carbocycles. The van der Waals surface area contributed by atoms with E-state index in [1.165, 1.54) is 0 Å². The molecule has 0 saturated heterocycles. The Morgan fingerprint density at radius 3 is 2.21 bits per heavy atom. The SMILES string of the molecule is O=C1CCC(=O)C1c1ccccc1Cl. The lowest BCUT2D eigenvalue weighted by molar-refractivity contribution is -0.123. The summed E-state index contributed by atoms with van der Waals surface area (Å²) in [5.41, 5.74) is 0.654. The number of Topliss-reactive ketones (excluding diaryl/α,β-unsaturated/α-hetero) is 2. The highest BCUT2D eigenvalue weighted by Crippen LogP contribution is 2.32. The zero-order valence-corrected chi connectivity index (χ0v) is 8.25. The van der Waals surface area contributed by atoms with Crippen molar-refractivity contribution in [3.8, 4) is 0 Å². The van der Waals surface area contributed by atoms with Gasteiger partial charge in [0, 0.05) is 17.9 Å². The summed E-state index contributed by atoms with van der Waals surface area (Å²) >= 11 is 5.93. The Bertz CT molecular complexity index is 382. The second-order valence-electron chi connectivity index (χ2n) is 3.39. The van der Waals surface area contributed by atoms with Crippen LogP contribution in [0.1, 0.15) is 24.3 Å². The van der Waals surface area contributed by atoms with Gasteiger partial charge in [0.15, 0.2) is 0 Å². The van der Waals surface area contributed by atoms with Crippen LogP contribution in [-0.4, -0.2) is 11.6 Å². The van der Waals surface area contributed by atoms with Crippen LogP contribution in [0.5, 0.6) is 0 Å². The Morgan fingerprint density at radius 1 is 1.07 bits per heavy atom. The lowest BCUT2D eigenvalue weighted by Gasteiger charge is -2.08. The van der Waals surface area contributed by atoms with E-state index in [0.29, 0.717) is 23.4 Å². The van der Waals surface area contributed by atoms with Gasteiger partial charge in [0.2, 0.25) is 0 Å². The predicted octanol–water partition coefficient (Wildman–Crippen LogP) is 2.36. The van der Waals surface area contributed by atoms with E-state index >= 15 is 0 Å². The molecule has 1 aromatic carbocycles. The molecule has 3 heteroatoms. The molecule has 1 aromatic rings. The summed E-state index contributed by atoms with van der Waals surface area (Å²) in [6, 6.07) is 7.03. The summed E-state index contributed by atoms with van der Waals surface area (Å²) in [5.74, 6) is -0.630. The second kappa shape index (κ2) is 3.54. The molecular formula is C11H9ClO2. The van der Waals surface area contributed by atoms with Gasteiger partial charge in [-0.1, -0.05) is 29.8 Å². The van der Waals surface area contributed by atoms with Crippen LogP contribution < -0.4 is 0 Å². The predicted molar refractivity (Wildman–Crippen MR) is 53.4 cm³/mol. The molecular weight excluding hydrogens is 200 g/mol. The lowest BCUT2D eigenvalue weighted by Crippen LogP contribution is -2.12. The van der Waals surface area contributed by atoms with Crippen LogP contribution in [-0.2, 0) is 9.59 Å². The molecule has 0 N–H and O–H groups in total. The fraction of sp³-hybridized carbons (Fsp3) is 0.273. The Kier molecular flexibility index (Phi) is 2.38. The van der Waals surface area contributed by atoms with Crippen molar-refractivity contribution < 1.29 is 9.59 Å². The number of hydrogen-bond donors (Lipinski definition) is 0. The molecule has 0 heterocycles. The minimum Gasteiger partial charge on any atom is -0.299 e. The fourth-order valence-electron chi connectivity index (χ4n) is 1.77. The zero-order chi connectivity index (χ0) is 10.1. The molecule has 2 rings (SSSR count). The van der Waals surface area contributed by atoms with Crippen molar-refractivity contribution in [3.05, 3.63) is 34.9 Å². The van der Waals surface area contributed by atoms with Gasteiger partial charge in [0.25, 0.3) is 0 Å². The van der Waals surface area contributed by atoms with E-state index in [0.717, 1.165) is 0 Å². The van der Waals surface area contributed by atoms with Gasteiger partial charge in [0.05, 0.1) is 0 Å². The minimum atomic E-state index is -0.608. The maximum atomic E-state index is 11.5. The van der Waals surface area contributed by atoms with Gasteiger partial charge in [-0.2, -0.15) is 0 Å². The van der Waals surface area contributed by atoms with Gasteiger partial charge in [-0.15, -0.1) is 0 Å².